The fraction of sp³-hybridized carbons (Fsp3) is 0.632. The maximum Gasteiger partial charge on any atom is 0.227 e. The van der Waals surface area contributed by atoms with Crippen LogP contribution < -0.4 is 10.9 Å². The monoisotopic (exact) mass is 313 g/mol. The lowest BCUT2D eigenvalue weighted by molar-refractivity contribution is -0.138. The van der Waals surface area contributed by atoms with Gasteiger partial charge in [-0.25, -0.2) is 0 Å². The Bertz CT molecular complexity index is 547. The molecule has 0 aromatic heterocycles. The second kappa shape index (κ2) is 6.62. The predicted octanol–water partition coefficient (Wildman–Crippen LogP) is 2.11. The van der Waals surface area contributed by atoms with Crippen molar-refractivity contribution in [2.24, 2.45) is 11.8 Å². The molecule has 3 fully saturated rings. The van der Waals surface area contributed by atoms with E-state index >= 15 is 0 Å². The van der Waals surface area contributed by atoms with Crippen LogP contribution in [0.1, 0.15) is 37.7 Å². The summed E-state index contributed by atoms with van der Waals surface area (Å²) in [6.07, 6.45) is 6.78. The van der Waals surface area contributed by atoms with Crippen molar-refractivity contribution in [3.63, 3.8) is 0 Å². The number of carbonyl (C=O) groups is 1. The lowest BCUT2D eigenvalue weighted by Crippen LogP contribution is -2.50. The van der Waals surface area contributed by atoms with Gasteiger partial charge in [-0.3, -0.25) is 15.6 Å². The summed E-state index contributed by atoms with van der Waals surface area (Å²) in [6, 6.07) is 11.3. The van der Waals surface area contributed by atoms with Gasteiger partial charge in [-0.1, -0.05) is 36.8 Å². The van der Waals surface area contributed by atoms with Crippen molar-refractivity contribution in [1.29, 1.82) is 0 Å². The summed E-state index contributed by atoms with van der Waals surface area (Å²) in [7, 11) is 0. The van der Waals surface area contributed by atoms with Crippen LogP contribution in [0.2, 0.25) is 0 Å². The minimum Gasteiger partial charge on any atom is -0.339 e. The number of hydrogen-bond donors (Lipinski definition) is 2. The Balaban J connectivity index is 1.46. The van der Waals surface area contributed by atoms with Crippen LogP contribution in [0.25, 0.3) is 0 Å². The molecule has 1 aliphatic carbocycles. The van der Waals surface area contributed by atoms with Gasteiger partial charge in [0.25, 0.3) is 0 Å². The predicted molar refractivity (Wildman–Crippen MR) is 90.6 cm³/mol. The number of likely N-dealkylation sites (tertiary alicyclic amines) is 1. The summed E-state index contributed by atoms with van der Waals surface area (Å²) in [4.78, 5) is 15.4. The van der Waals surface area contributed by atoms with Gasteiger partial charge in [0, 0.05) is 25.2 Å². The molecular weight excluding hydrogens is 286 g/mol. The van der Waals surface area contributed by atoms with Crippen LogP contribution in [0, 0.1) is 11.8 Å². The van der Waals surface area contributed by atoms with Crippen LogP contribution in [-0.2, 0) is 11.2 Å². The van der Waals surface area contributed by atoms with Gasteiger partial charge in [-0.05, 0) is 43.6 Å². The smallest absolute Gasteiger partial charge is 0.227 e. The van der Waals surface area contributed by atoms with Crippen molar-refractivity contribution in [2.75, 3.05) is 13.1 Å². The molecule has 2 saturated heterocycles. The molecule has 2 N–H and O–H groups in total. The largest absolute Gasteiger partial charge is 0.339 e. The standard InChI is InChI=1S/C19H27N3O/c23-19(17-10-4-8-15-13-20-21-18(15)17)22-11-5-9-16(22)12-14-6-2-1-3-7-14/h1-3,6-7,15-18,20-21H,4-5,8-13H2. The Labute approximate surface area is 138 Å². The summed E-state index contributed by atoms with van der Waals surface area (Å²) in [6.45, 7) is 1.96. The van der Waals surface area contributed by atoms with Crippen LogP contribution in [0.3, 0.4) is 0 Å². The van der Waals surface area contributed by atoms with Crippen molar-refractivity contribution < 1.29 is 4.79 Å². The van der Waals surface area contributed by atoms with E-state index < -0.39 is 0 Å². The lowest BCUT2D eigenvalue weighted by Gasteiger charge is -2.36. The van der Waals surface area contributed by atoms with Crippen molar-refractivity contribution in [3.05, 3.63) is 35.9 Å². The molecule has 124 valence electrons. The molecule has 1 aromatic rings. The summed E-state index contributed by atoms with van der Waals surface area (Å²) in [5.74, 6) is 1.20. The summed E-state index contributed by atoms with van der Waals surface area (Å²) >= 11 is 0. The normalized spacial score (nSPS) is 33.7. The maximum absolute atomic E-state index is 13.2. The Kier molecular flexibility index (Phi) is 4.36. The number of benzene rings is 1. The maximum atomic E-state index is 13.2. The van der Waals surface area contributed by atoms with Gasteiger partial charge >= 0.3 is 0 Å². The van der Waals surface area contributed by atoms with E-state index in [4.69, 9.17) is 0 Å². The van der Waals surface area contributed by atoms with Crippen molar-refractivity contribution in [3.8, 4) is 0 Å². The van der Waals surface area contributed by atoms with E-state index in [2.05, 4.69) is 46.1 Å². The van der Waals surface area contributed by atoms with E-state index in [0.29, 0.717) is 23.9 Å². The highest BCUT2D eigenvalue weighted by atomic mass is 16.2. The third-order valence-electron chi connectivity index (χ3n) is 5.96. The van der Waals surface area contributed by atoms with Crippen LogP contribution in [0.5, 0.6) is 0 Å². The number of amides is 1. The van der Waals surface area contributed by atoms with Gasteiger partial charge in [0.15, 0.2) is 0 Å². The molecule has 2 aliphatic heterocycles. The lowest BCUT2D eigenvalue weighted by atomic mass is 9.77. The number of nitrogens with zero attached hydrogens (tertiary/aromatic N) is 1. The Morgan fingerprint density at radius 2 is 2.00 bits per heavy atom. The molecule has 1 amide bonds. The van der Waals surface area contributed by atoms with E-state index in [1.54, 1.807) is 0 Å². The average molecular weight is 313 g/mol. The molecule has 1 saturated carbocycles. The van der Waals surface area contributed by atoms with Gasteiger partial charge in [0.05, 0.1) is 5.92 Å². The summed E-state index contributed by atoms with van der Waals surface area (Å²) in [5, 5.41) is 0. The first-order chi connectivity index (χ1) is 11.3. The first-order valence-electron chi connectivity index (χ1n) is 9.16. The number of rotatable bonds is 3. The van der Waals surface area contributed by atoms with Crippen molar-refractivity contribution >= 4 is 5.91 Å². The number of fused-ring (bicyclic) bond motifs is 1. The van der Waals surface area contributed by atoms with Gasteiger partial charge in [0.1, 0.15) is 0 Å². The van der Waals surface area contributed by atoms with E-state index in [9.17, 15) is 4.79 Å². The zero-order valence-corrected chi connectivity index (χ0v) is 13.7. The minimum atomic E-state index is 0.167. The van der Waals surface area contributed by atoms with E-state index in [0.717, 1.165) is 38.8 Å². The van der Waals surface area contributed by atoms with Gasteiger partial charge in [-0.15, -0.1) is 0 Å². The highest BCUT2D eigenvalue weighted by Crippen LogP contribution is 2.34. The average Bonchev–Trinajstić information content (AvgIpc) is 3.23. The van der Waals surface area contributed by atoms with E-state index in [-0.39, 0.29) is 5.92 Å². The Morgan fingerprint density at radius 3 is 2.87 bits per heavy atom. The van der Waals surface area contributed by atoms with Crippen LogP contribution in [0.4, 0.5) is 0 Å². The fourth-order valence-electron chi connectivity index (χ4n) is 4.76. The number of nitrogens with one attached hydrogen (secondary N) is 2. The van der Waals surface area contributed by atoms with Crippen LogP contribution >= 0.6 is 0 Å². The third-order valence-corrected chi connectivity index (χ3v) is 5.96. The zero-order chi connectivity index (χ0) is 15.6. The molecule has 4 unspecified atom stereocenters. The van der Waals surface area contributed by atoms with E-state index in [1.807, 2.05) is 0 Å². The molecule has 4 nitrogen and oxygen atoms in total. The van der Waals surface area contributed by atoms with Crippen molar-refractivity contribution in [1.82, 2.24) is 15.8 Å². The summed E-state index contributed by atoms with van der Waals surface area (Å²) < 4.78 is 0. The van der Waals surface area contributed by atoms with Gasteiger partial charge in [0.2, 0.25) is 5.91 Å². The zero-order valence-electron chi connectivity index (χ0n) is 13.7. The molecule has 4 atom stereocenters. The third kappa shape index (κ3) is 3.02. The molecular formula is C19H27N3O. The topological polar surface area (TPSA) is 44.4 Å². The van der Waals surface area contributed by atoms with Gasteiger partial charge in [-0.2, -0.15) is 0 Å². The first kappa shape index (κ1) is 15.2. The number of carbonyl (C=O) groups excluding carboxylic acids is 1. The second-order valence-electron chi connectivity index (χ2n) is 7.37. The highest BCUT2D eigenvalue weighted by Gasteiger charge is 2.43. The molecule has 0 radical (unpaired) electrons. The Hall–Kier alpha value is -1.39. The minimum absolute atomic E-state index is 0.167. The Morgan fingerprint density at radius 1 is 1.13 bits per heavy atom. The van der Waals surface area contributed by atoms with Crippen LogP contribution in [-0.4, -0.2) is 36.0 Å². The van der Waals surface area contributed by atoms with Gasteiger partial charge < -0.3 is 4.90 Å². The molecule has 2 heterocycles. The molecule has 1 aromatic carbocycles. The quantitative estimate of drug-likeness (QED) is 0.898. The van der Waals surface area contributed by atoms with Crippen molar-refractivity contribution in [2.45, 2.75) is 50.6 Å². The number of hydrazine groups is 1. The van der Waals surface area contributed by atoms with Crippen LogP contribution in [0.15, 0.2) is 30.3 Å². The number of hydrogen-bond acceptors (Lipinski definition) is 3. The van der Waals surface area contributed by atoms with E-state index in [1.165, 1.54) is 18.4 Å². The molecule has 4 rings (SSSR count). The SMILES string of the molecule is O=C(C1CCCC2CNNC21)N1CCCC1Cc1ccccc1. The fourth-order valence-corrected chi connectivity index (χ4v) is 4.76. The molecule has 3 aliphatic rings. The molecule has 0 bridgehead atoms. The molecule has 0 spiro atoms. The highest BCUT2D eigenvalue weighted by molar-refractivity contribution is 5.80. The molecule has 23 heavy (non-hydrogen) atoms. The molecule has 4 heteroatoms. The first-order valence-corrected chi connectivity index (χ1v) is 9.16. The second-order valence-corrected chi connectivity index (χ2v) is 7.37. The summed E-state index contributed by atoms with van der Waals surface area (Å²) in [5.41, 5.74) is 8.00.